The lowest BCUT2D eigenvalue weighted by Gasteiger charge is -2.08. The first-order chi connectivity index (χ1) is 8.06. The highest BCUT2D eigenvalue weighted by atomic mass is 16.5. The fourth-order valence-electron chi connectivity index (χ4n) is 1.29. The van der Waals surface area contributed by atoms with Gasteiger partial charge >= 0.3 is 0 Å². The predicted octanol–water partition coefficient (Wildman–Crippen LogP) is 2.30. The fraction of sp³-hybridized carbons (Fsp3) is 0. The highest BCUT2D eigenvalue weighted by Gasteiger charge is 2.07. The van der Waals surface area contributed by atoms with Crippen LogP contribution in [0.1, 0.15) is 0 Å². The molecule has 0 saturated carbocycles. The third kappa shape index (κ3) is 2.34. The van der Waals surface area contributed by atoms with E-state index in [0.29, 0.717) is 0 Å². The Labute approximate surface area is 96.8 Å². The molecule has 4 N–H and O–H groups in total. The number of phenols is 4. The molecule has 0 amide bonds. The Hall–Kier alpha value is -2.56. The zero-order valence-corrected chi connectivity index (χ0v) is 8.66. The molecule has 0 radical (unpaired) electrons. The predicted molar refractivity (Wildman–Crippen MR) is 59.6 cm³/mol. The highest BCUT2D eigenvalue weighted by Crippen LogP contribution is 2.36. The summed E-state index contributed by atoms with van der Waals surface area (Å²) in [6.45, 7) is 0. The van der Waals surface area contributed by atoms with Crippen molar-refractivity contribution in [1.82, 2.24) is 0 Å². The van der Waals surface area contributed by atoms with Crippen LogP contribution in [0.4, 0.5) is 0 Å². The van der Waals surface area contributed by atoms with E-state index in [1.807, 2.05) is 0 Å². The van der Waals surface area contributed by atoms with E-state index in [-0.39, 0.29) is 34.5 Å². The molecule has 0 atom stereocenters. The molecule has 5 heteroatoms. The number of rotatable bonds is 2. The van der Waals surface area contributed by atoms with Crippen LogP contribution in [0.2, 0.25) is 0 Å². The van der Waals surface area contributed by atoms with Crippen LogP contribution in [0, 0.1) is 0 Å². The van der Waals surface area contributed by atoms with E-state index >= 15 is 0 Å². The summed E-state index contributed by atoms with van der Waals surface area (Å²) in [5.41, 5.74) is 0. The SMILES string of the molecule is Oc1ccc(Oc2ccc(O)c(O)c2)c(O)c1. The van der Waals surface area contributed by atoms with Crippen molar-refractivity contribution in [3.05, 3.63) is 36.4 Å². The Morgan fingerprint density at radius 1 is 0.706 bits per heavy atom. The van der Waals surface area contributed by atoms with Gasteiger partial charge in [-0.1, -0.05) is 0 Å². The van der Waals surface area contributed by atoms with E-state index in [1.54, 1.807) is 0 Å². The topological polar surface area (TPSA) is 90.2 Å². The first-order valence-electron chi connectivity index (χ1n) is 4.78. The Morgan fingerprint density at radius 2 is 1.47 bits per heavy atom. The van der Waals surface area contributed by atoms with Crippen LogP contribution < -0.4 is 4.74 Å². The summed E-state index contributed by atoms with van der Waals surface area (Å²) in [6.07, 6.45) is 0. The van der Waals surface area contributed by atoms with E-state index in [1.165, 1.54) is 30.3 Å². The minimum atomic E-state index is -0.319. The van der Waals surface area contributed by atoms with Crippen molar-refractivity contribution < 1.29 is 25.2 Å². The van der Waals surface area contributed by atoms with Gasteiger partial charge in [0, 0.05) is 12.1 Å². The van der Waals surface area contributed by atoms with Crippen LogP contribution in [-0.4, -0.2) is 20.4 Å². The van der Waals surface area contributed by atoms with Gasteiger partial charge in [-0.05, 0) is 24.3 Å². The summed E-state index contributed by atoms with van der Waals surface area (Å²) in [5, 5.41) is 36.9. The normalized spacial score (nSPS) is 10.1. The standard InChI is InChI=1S/C12H10O5/c13-7-1-4-12(11(16)5-7)17-8-2-3-9(14)10(15)6-8/h1-6,13-16H. The Kier molecular flexibility index (Phi) is 2.66. The van der Waals surface area contributed by atoms with Crippen LogP contribution in [0.3, 0.4) is 0 Å². The molecule has 2 aromatic carbocycles. The molecule has 17 heavy (non-hydrogen) atoms. The Balaban J connectivity index is 2.28. The Bertz CT molecular complexity index is 551. The van der Waals surface area contributed by atoms with Crippen LogP contribution in [-0.2, 0) is 0 Å². The number of benzene rings is 2. The average molecular weight is 234 g/mol. The van der Waals surface area contributed by atoms with E-state index in [0.717, 1.165) is 6.07 Å². The second kappa shape index (κ2) is 4.13. The highest BCUT2D eigenvalue weighted by molar-refractivity contribution is 5.49. The lowest BCUT2D eigenvalue weighted by atomic mass is 10.3. The van der Waals surface area contributed by atoms with Gasteiger partial charge in [-0.2, -0.15) is 0 Å². The monoisotopic (exact) mass is 234 g/mol. The van der Waals surface area contributed by atoms with Crippen molar-refractivity contribution in [1.29, 1.82) is 0 Å². The molecule has 0 saturated heterocycles. The minimum absolute atomic E-state index is 0.0802. The van der Waals surface area contributed by atoms with Gasteiger partial charge in [0.2, 0.25) is 0 Å². The smallest absolute Gasteiger partial charge is 0.169 e. The third-order valence-electron chi connectivity index (χ3n) is 2.12. The van der Waals surface area contributed by atoms with Gasteiger partial charge in [0.05, 0.1) is 0 Å². The molecule has 5 nitrogen and oxygen atoms in total. The molecule has 0 aliphatic rings. The number of phenolic OH excluding ortho intramolecular Hbond substituents is 4. The number of hydrogen-bond acceptors (Lipinski definition) is 5. The zero-order valence-electron chi connectivity index (χ0n) is 8.66. The molecule has 0 aliphatic heterocycles. The van der Waals surface area contributed by atoms with Gasteiger partial charge in [0.15, 0.2) is 23.0 Å². The zero-order chi connectivity index (χ0) is 12.4. The maximum Gasteiger partial charge on any atom is 0.169 e. The van der Waals surface area contributed by atoms with Crippen LogP contribution in [0.15, 0.2) is 36.4 Å². The average Bonchev–Trinajstić information content (AvgIpc) is 2.27. The number of ether oxygens (including phenoxy) is 1. The molecule has 0 spiro atoms. The van der Waals surface area contributed by atoms with Gasteiger partial charge < -0.3 is 25.2 Å². The molecule has 0 aromatic heterocycles. The Morgan fingerprint density at radius 3 is 2.12 bits per heavy atom. The largest absolute Gasteiger partial charge is 0.508 e. The first kappa shape index (κ1) is 10.9. The summed E-state index contributed by atoms with van der Waals surface area (Å²) >= 11 is 0. The first-order valence-corrected chi connectivity index (χ1v) is 4.78. The number of hydrogen-bond donors (Lipinski definition) is 4. The summed E-state index contributed by atoms with van der Waals surface area (Å²) in [5.74, 6) is -0.497. The summed E-state index contributed by atoms with van der Waals surface area (Å²) in [7, 11) is 0. The van der Waals surface area contributed by atoms with Crippen molar-refractivity contribution in [2.75, 3.05) is 0 Å². The van der Waals surface area contributed by atoms with E-state index in [4.69, 9.17) is 14.9 Å². The fourth-order valence-corrected chi connectivity index (χ4v) is 1.29. The van der Waals surface area contributed by atoms with Gasteiger partial charge in [0.1, 0.15) is 11.5 Å². The van der Waals surface area contributed by atoms with Gasteiger partial charge in [-0.25, -0.2) is 0 Å². The van der Waals surface area contributed by atoms with Crippen molar-refractivity contribution in [2.45, 2.75) is 0 Å². The van der Waals surface area contributed by atoms with Crippen LogP contribution in [0.25, 0.3) is 0 Å². The second-order valence-electron chi connectivity index (χ2n) is 3.40. The molecule has 2 rings (SSSR count). The lowest BCUT2D eigenvalue weighted by Crippen LogP contribution is -1.84. The molecule has 2 aromatic rings. The molecule has 0 unspecified atom stereocenters. The molecular formula is C12H10O5. The van der Waals surface area contributed by atoms with Crippen molar-refractivity contribution in [2.24, 2.45) is 0 Å². The van der Waals surface area contributed by atoms with Crippen LogP contribution in [0.5, 0.6) is 34.5 Å². The van der Waals surface area contributed by atoms with Gasteiger partial charge in [-0.15, -0.1) is 0 Å². The van der Waals surface area contributed by atoms with E-state index < -0.39 is 0 Å². The van der Waals surface area contributed by atoms with Crippen molar-refractivity contribution in [3.63, 3.8) is 0 Å². The molecule has 0 bridgehead atoms. The third-order valence-corrected chi connectivity index (χ3v) is 2.12. The number of aromatic hydroxyl groups is 4. The molecular weight excluding hydrogens is 224 g/mol. The molecule has 0 aliphatic carbocycles. The maximum absolute atomic E-state index is 9.48. The summed E-state index contributed by atoms with van der Waals surface area (Å²) in [6, 6.07) is 7.78. The summed E-state index contributed by atoms with van der Waals surface area (Å²) in [4.78, 5) is 0. The second-order valence-corrected chi connectivity index (χ2v) is 3.40. The van der Waals surface area contributed by atoms with E-state index in [9.17, 15) is 10.2 Å². The van der Waals surface area contributed by atoms with Crippen molar-refractivity contribution in [3.8, 4) is 34.5 Å². The van der Waals surface area contributed by atoms with Crippen molar-refractivity contribution >= 4 is 0 Å². The quantitative estimate of drug-likeness (QED) is 0.598. The molecule has 0 heterocycles. The summed E-state index contributed by atoms with van der Waals surface area (Å²) < 4.78 is 5.27. The van der Waals surface area contributed by atoms with Crippen LogP contribution >= 0.6 is 0 Å². The molecule has 88 valence electrons. The van der Waals surface area contributed by atoms with Gasteiger partial charge in [-0.3, -0.25) is 0 Å². The maximum atomic E-state index is 9.48. The molecule has 0 fully saturated rings. The lowest BCUT2D eigenvalue weighted by molar-refractivity contribution is 0.388. The van der Waals surface area contributed by atoms with E-state index in [2.05, 4.69) is 0 Å². The minimum Gasteiger partial charge on any atom is -0.508 e. The van der Waals surface area contributed by atoms with Gasteiger partial charge in [0.25, 0.3) is 0 Å².